The fraction of sp³-hybridized carbons (Fsp3) is 0.455. The minimum Gasteiger partial charge on any atom is -0.475 e. The van der Waals surface area contributed by atoms with Crippen LogP contribution >= 0.6 is 0 Å². The van der Waals surface area contributed by atoms with Crippen molar-refractivity contribution in [3.63, 3.8) is 0 Å². The van der Waals surface area contributed by atoms with Crippen molar-refractivity contribution >= 4 is 11.9 Å². The zero-order chi connectivity index (χ0) is 12.8. The minimum absolute atomic E-state index is 0.130. The highest BCUT2D eigenvalue weighted by Gasteiger charge is 2.09. The molecule has 0 bridgehead atoms. The molecule has 17 heavy (non-hydrogen) atoms. The summed E-state index contributed by atoms with van der Waals surface area (Å²) >= 11 is 0. The molecule has 0 atom stereocenters. The average Bonchev–Trinajstić information content (AvgIpc) is 2.72. The molecule has 0 aliphatic carbocycles. The van der Waals surface area contributed by atoms with Gasteiger partial charge in [0.05, 0.1) is 13.1 Å². The molecule has 1 aromatic rings. The Labute approximate surface area is 99.0 Å². The number of hydrogen-bond donors (Lipinski definition) is 3. The Hall–Kier alpha value is -1.82. The van der Waals surface area contributed by atoms with Crippen LogP contribution in [0.2, 0.25) is 0 Å². The van der Waals surface area contributed by atoms with Gasteiger partial charge in [0.25, 0.3) is 0 Å². The number of carbonyl (C=O) groups excluding carboxylic acids is 1. The molecule has 1 rings (SSSR count). The van der Waals surface area contributed by atoms with Crippen molar-refractivity contribution in [2.45, 2.75) is 26.4 Å². The van der Waals surface area contributed by atoms with E-state index in [4.69, 9.17) is 9.52 Å². The number of amides is 1. The molecule has 3 N–H and O–H groups in total. The van der Waals surface area contributed by atoms with Crippen LogP contribution in [0.25, 0.3) is 0 Å². The molecule has 0 aliphatic rings. The third kappa shape index (κ3) is 4.69. The fourth-order valence-electron chi connectivity index (χ4n) is 1.13. The number of aromatic carboxylic acids is 1. The van der Waals surface area contributed by atoms with E-state index in [0.29, 0.717) is 5.76 Å². The van der Waals surface area contributed by atoms with Crippen molar-refractivity contribution in [3.8, 4) is 0 Å². The van der Waals surface area contributed by atoms with Gasteiger partial charge in [0.15, 0.2) is 0 Å². The van der Waals surface area contributed by atoms with Crippen LogP contribution in [0.3, 0.4) is 0 Å². The largest absolute Gasteiger partial charge is 0.475 e. The minimum atomic E-state index is -1.12. The van der Waals surface area contributed by atoms with Crippen LogP contribution in [-0.4, -0.2) is 29.6 Å². The molecule has 1 heterocycles. The molecule has 1 amide bonds. The first kappa shape index (κ1) is 13.2. The number of rotatable bonds is 6. The summed E-state index contributed by atoms with van der Waals surface area (Å²) in [5.74, 6) is -0.995. The van der Waals surface area contributed by atoms with E-state index in [9.17, 15) is 9.59 Å². The number of hydrogen-bond acceptors (Lipinski definition) is 4. The van der Waals surface area contributed by atoms with Crippen LogP contribution in [0.15, 0.2) is 16.5 Å². The van der Waals surface area contributed by atoms with E-state index in [1.165, 1.54) is 12.1 Å². The SMILES string of the molecule is CC(C)NCC(=O)NCc1ccc(C(=O)O)o1. The van der Waals surface area contributed by atoms with Gasteiger partial charge in [0.2, 0.25) is 11.7 Å². The van der Waals surface area contributed by atoms with Crippen molar-refractivity contribution in [3.05, 3.63) is 23.7 Å². The van der Waals surface area contributed by atoms with Gasteiger partial charge in [-0.2, -0.15) is 0 Å². The molecule has 0 aliphatic heterocycles. The highest BCUT2D eigenvalue weighted by Crippen LogP contribution is 2.07. The van der Waals surface area contributed by atoms with Crippen molar-refractivity contribution in [1.29, 1.82) is 0 Å². The summed E-state index contributed by atoms with van der Waals surface area (Å²) in [6.07, 6.45) is 0. The lowest BCUT2D eigenvalue weighted by atomic mass is 10.4. The predicted molar refractivity (Wildman–Crippen MR) is 60.7 cm³/mol. The van der Waals surface area contributed by atoms with Crippen LogP contribution < -0.4 is 10.6 Å². The second-order valence-corrected chi connectivity index (χ2v) is 3.88. The first-order chi connectivity index (χ1) is 7.99. The van der Waals surface area contributed by atoms with Gasteiger partial charge in [-0.25, -0.2) is 4.79 Å². The van der Waals surface area contributed by atoms with E-state index in [0.717, 1.165) is 0 Å². The maximum Gasteiger partial charge on any atom is 0.371 e. The Morgan fingerprint density at radius 1 is 1.41 bits per heavy atom. The molecule has 6 nitrogen and oxygen atoms in total. The van der Waals surface area contributed by atoms with Gasteiger partial charge in [0, 0.05) is 6.04 Å². The van der Waals surface area contributed by atoms with Crippen molar-refractivity contribution in [2.75, 3.05) is 6.54 Å². The molecule has 0 saturated heterocycles. The second kappa shape index (κ2) is 6.05. The third-order valence-electron chi connectivity index (χ3n) is 2.00. The Morgan fingerprint density at radius 2 is 2.12 bits per heavy atom. The van der Waals surface area contributed by atoms with Gasteiger partial charge < -0.3 is 20.2 Å². The van der Waals surface area contributed by atoms with E-state index in [-0.39, 0.29) is 30.8 Å². The molecule has 0 aromatic carbocycles. The number of carboxylic acids is 1. The molecule has 94 valence electrons. The highest BCUT2D eigenvalue weighted by atomic mass is 16.4. The molecular formula is C11H16N2O4. The standard InChI is InChI=1S/C11H16N2O4/c1-7(2)12-6-10(14)13-5-8-3-4-9(17-8)11(15)16/h3-4,7,12H,5-6H2,1-2H3,(H,13,14)(H,15,16). The second-order valence-electron chi connectivity index (χ2n) is 3.88. The van der Waals surface area contributed by atoms with E-state index in [2.05, 4.69) is 10.6 Å². The zero-order valence-electron chi connectivity index (χ0n) is 9.82. The molecule has 6 heteroatoms. The molecule has 0 radical (unpaired) electrons. The molecule has 1 aromatic heterocycles. The van der Waals surface area contributed by atoms with Crippen LogP contribution in [-0.2, 0) is 11.3 Å². The Kier molecular flexibility index (Phi) is 4.71. The van der Waals surface area contributed by atoms with Gasteiger partial charge in [-0.3, -0.25) is 4.79 Å². The predicted octanol–water partition coefficient (Wildman–Crippen LogP) is 0.592. The summed E-state index contributed by atoms with van der Waals surface area (Å²) in [4.78, 5) is 21.9. The summed E-state index contributed by atoms with van der Waals surface area (Å²) in [5.41, 5.74) is 0. The topological polar surface area (TPSA) is 91.6 Å². The van der Waals surface area contributed by atoms with Crippen LogP contribution in [0.5, 0.6) is 0 Å². The molecule has 0 unspecified atom stereocenters. The van der Waals surface area contributed by atoms with E-state index in [1.807, 2.05) is 13.8 Å². The van der Waals surface area contributed by atoms with Gasteiger partial charge in [0.1, 0.15) is 5.76 Å². The Morgan fingerprint density at radius 3 is 2.65 bits per heavy atom. The Balaban J connectivity index is 2.34. The summed E-state index contributed by atoms with van der Waals surface area (Å²) in [5, 5.41) is 14.2. The van der Waals surface area contributed by atoms with Crippen molar-refractivity contribution < 1.29 is 19.1 Å². The number of carbonyl (C=O) groups is 2. The Bertz CT molecular complexity index is 398. The lowest BCUT2D eigenvalue weighted by molar-refractivity contribution is -0.120. The number of nitrogens with one attached hydrogen (secondary N) is 2. The van der Waals surface area contributed by atoms with Crippen molar-refractivity contribution in [2.24, 2.45) is 0 Å². The monoisotopic (exact) mass is 240 g/mol. The number of furan rings is 1. The molecular weight excluding hydrogens is 224 g/mol. The third-order valence-corrected chi connectivity index (χ3v) is 2.00. The maximum atomic E-state index is 11.3. The van der Waals surface area contributed by atoms with Crippen molar-refractivity contribution in [1.82, 2.24) is 10.6 Å². The van der Waals surface area contributed by atoms with E-state index in [1.54, 1.807) is 0 Å². The molecule has 0 fully saturated rings. The fourth-order valence-corrected chi connectivity index (χ4v) is 1.13. The highest BCUT2D eigenvalue weighted by molar-refractivity contribution is 5.84. The zero-order valence-corrected chi connectivity index (χ0v) is 9.82. The molecule has 0 saturated carbocycles. The van der Waals surface area contributed by atoms with Gasteiger partial charge in [-0.05, 0) is 12.1 Å². The summed E-state index contributed by atoms with van der Waals surface area (Å²) < 4.78 is 4.99. The van der Waals surface area contributed by atoms with Crippen LogP contribution in [0.1, 0.15) is 30.2 Å². The van der Waals surface area contributed by atoms with E-state index < -0.39 is 5.97 Å². The lowest BCUT2D eigenvalue weighted by Crippen LogP contribution is -2.36. The van der Waals surface area contributed by atoms with Gasteiger partial charge >= 0.3 is 5.97 Å². The molecule has 0 spiro atoms. The summed E-state index contributed by atoms with van der Waals surface area (Å²) in [6, 6.07) is 3.12. The smallest absolute Gasteiger partial charge is 0.371 e. The summed E-state index contributed by atoms with van der Waals surface area (Å²) in [6.45, 7) is 4.30. The first-order valence-electron chi connectivity index (χ1n) is 5.31. The normalized spacial score (nSPS) is 10.5. The van der Waals surface area contributed by atoms with Gasteiger partial charge in [-0.1, -0.05) is 13.8 Å². The first-order valence-corrected chi connectivity index (χ1v) is 5.31. The number of carboxylic acid groups (broad SMARTS) is 1. The van der Waals surface area contributed by atoms with E-state index >= 15 is 0 Å². The lowest BCUT2D eigenvalue weighted by Gasteiger charge is -2.07. The van der Waals surface area contributed by atoms with Crippen LogP contribution in [0, 0.1) is 0 Å². The summed E-state index contributed by atoms with van der Waals surface area (Å²) in [7, 11) is 0. The van der Waals surface area contributed by atoms with Gasteiger partial charge in [-0.15, -0.1) is 0 Å². The average molecular weight is 240 g/mol. The quantitative estimate of drug-likeness (QED) is 0.677. The van der Waals surface area contributed by atoms with Crippen LogP contribution in [0.4, 0.5) is 0 Å². The maximum absolute atomic E-state index is 11.3.